The second-order valence-electron chi connectivity index (χ2n) is 6.54. The third kappa shape index (κ3) is 4.69. The van der Waals surface area contributed by atoms with Gasteiger partial charge in [-0.1, -0.05) is 39.0 Å². The topological polar surface area (TPSA) is 65.5 Å². The number of phenols is 1. The van der Waals surface area contributed by atoms with E-state index in [4.69, 9.17) is 0 Å². The summed E-state index contributed by atoms with van der Waals surface area (Å²) >= 11 is 1.61. The smallest absolute Gasteiger partial charge is 0.317 e. The molecule has 0 aliphatic heterocycles. The Bertz CT molecular complexity index is 676. The summed E-state index contributed by atoms with van der Waals surface area (Å²) in [6.07, 6.45) is 0. The van der Waals surface area contributed by atoms with Crippen molar-refractivity contribution in [1.82, 2.24) is 15.2 Å². The lowest BCUT2D eigenvalue weighted by molar-refractivity contribution is 0.206. The number of aromatic hydroxyl groups is 1. The van der Waals surface area contributed by atoms with E-state index in [0.29, 0.717) is 18.7 Å². The van der Waals surface area contributed by atoms with Crippen molar-refractivity contribution in [3.05, 3.63) is 45.9 Å². The van der Waals surface area contributed by atoms with Crippen molar-refractivity contribution in [3.63, 3.8) is 0 Å². The molecule has 0 spiro atoms. The Morgan fingerprint density at radius 1 is 1.35 bits per heavy atom. The number of nitrogens with zero attached hydrogens (tertiary/aromatic N) is 2. The third-order valence-corrected chi connectivity index (χ3v) is 4.68. The van der Waals surface area contributed by atoms with E-state index in [-0.39, 0.29) is 17.2 Å². The molecule has 1 aromatic heterocycles. The SMILES string of the molecule is CN(Cc1ccccc1O)C(=O)NCc1csc(C(C)(C)C)n1. The first-order valence-corrected chi connectivity index (χ1v) is 8.36. The maximum atomic E-state index is 12.1. The van der Waals surface area contributed by atoms with Gasteiger partial charge in [0.05, 0.1) is 23.8 Å². The Kier molecular flexibility index (Phi) is 5.26. The summed E-state index contributed by atoms with van der Waals surface area (Å²) in [5.41, 5.74) is 1.60. The second-order valence-corrected chi connectivity index (χ2v) is 7.40. The van der Waals surface area contributed by atoms with E-state index in [2.05, 4.69) is 31.1 Å². The fourth-order valence-corrected chi connectivity index (χ4v) is 2.91. The number of amides is 2. The molecule has 2 aromatic rings. The number of aromatic nitrogens is 1. The van der Waals surface area contributed by atoms with Crippen LogP contribution in [0.5, 0.6) is 5.75 Å². The molecule has 2 N–H and O–H groups in total. The molecule has 5 nitrogen and oxygen atoms in total. The number of hydrogen-bond acceptors (Lipinski definition) is 4. The third-order valence-electron chi connectivity index (χ3n) is 3.36. The van der Waals surface area contributed by atoms with Gasteiger partial charge in [-0.15, -0.1) is 11.3 Å². The first-order chi connectivity index (χ1) is 10.8. The first kappa shape index (κ1) is 17.3. The van der Waals surface area contributed by atoms with Crippen molar-refractivity contribution in [2.75, 3.05) is 7.05 Å². The first-order valence-electron chi connectivity index (χ1n) is 7.48. The van der Waals surface area contributed by atoms with Crippen LogP contribution in [0.1, 0.15) is 37.0 Å². The number of benzene rings is 1. The molecule has 23 heavy (non-hydrogen) atoms. The van der Waals surface area contributed by atoms with Crippen LogP contribution < -0.4 is 5.32 Å². The highest BCUT2D eigenvalue weighted by Crippen LogP contribution is 2.25. The van der Waals surface area contributed by atoms with Gasteiger partial charge in [0.2, 0.25) is 0 Å². The lowest BCUT2D eigenvalue weighted by Gasteiger charge is -2.18. The fourth-order valence-electron chi connectivity index (χ4n) is 2.01. The van der Waals surface area contributed by atoms with E-state index in [1.165, 1.54) is 4.90 Å². The van der Waals surface area contributed by atoms with Gasteiger partial charge in [-0.25, -0.2) is 9.78 Å². The van der Waals surface area contributed by atoms with E-state index < -0.39 is 0 Å². The monoisotopic (exact) mass is 333 g/mol. The van der Waals surface area contributed by atoms with E-state index in [0.717, 1.165) is 10.7 Å². The summed E-state index contributed by atoms with van der Waals surface area (Å²) in [6.45, 7) is 7.11. The summed E-state index contributed by atoms with van der Waals surface area (Å²) in [7, 11) is 1.70. The molecule has 2 amide bonds. The molecule has 1 heterocycles. The van der Waals surface area contributed by atoms with Gasteiger partial charge in [-0.3, -0.25) is 0 Å². The zero-order valence-electron chi connectivity index (χ0n) is 14.0. The number of para-hydroxylation sites is 1. The highest BCUT2D eigenvalue weighted by atomic mass is 32.1. The molecule has 1 aromatic carbocycles. The molecular weight excluding hydrogens is 310 g/mol. The van der Waals surface area contributed by atoms with E-state index >= 15 is 0 Å². The molecule has 0 radical (unpaired) electrons. The number of carbonyl (C=O) groups excluding carboxylic acids is 1. The Labute approximate surface area is 141 Å². The van der Waals surface area contributed by atoms with Crippen molar-refractivity contribution in [1.29, 1.82) is 0 Å². The maximum Gasteiger partial charge on any atom is 0.317 e. The number of hydrogen-bond donors (Lipinski definition) is 2. The number of thiazole rings is 1. The molecule has 0 unspecified atom stereocenters. The molecule has 0 fully saturated rings. The van der Waals surface area contributed by atoms with Crippen molar-refractivity contribution in [2.45, 2.75) is 39.3 Å². The molecule has 0 aliphatic carbocycles. The van der Waals surface area contributed by atoms with Crippen LogP contribution in [0.2, 0.25) is 0 Å². The summed E-state index contributed by atoms with van der Waals surface area (Å²) in [6, 6.07) is 6.82. The lowest BCUT2D eigenvalue weighted by atomic mass is 9.98. The zero-order chi connectivity index (χ0) is 17.0. The molecular formula is C17H23N3O2S. The Hall–Kier alpha value is -2.08. The Balaban J connectivity index is 1.89. The van der Waals surface area contributed by atoms with Crippen molar-refractivity contribution in [2.24, 2.45) is 0 Å². The van der Waals surface area contributed by atoms with E-state index in [9.17, 15) is 9.90 Å². The molecule has 124 valence electrons. The molecule has 6 heteroatoms. The van der Waals surface area contributed by atoms with Crippen molar-refractivity contribution >= 4 is 17.4 Å². The van der Waals surface area contributed by atoms with Crippen LogP contribution in [0.25, 0.3) is 0 Å². The minimum absolute atomic E-state index is 0.0224. The average molecular weight is 333 g/mol. The molecule has 2 rings (SSSR count). The Morgan fingerprint density at radius 2 is 2.04 bits per heavy atom. The van der Waals surface area contributed by atoms with Gasteiger partial charge in [0.25, 0.3) is 0 Å². The second kappa shape index (κ2) is 7.00. The highest BCUT2D eigenvalue weighted by molar-refractivity contribution is 7.09. The van der Waals surface area contributed by atoms with Crippen LogP contribution in [0, 0.1) is 0 Å². The maximum absolute atomic E-state index is 12.1. The van der Waals surface area contributed by atoms with Crippen LogP contribution in [-0.4, -0.2) is 28.1 Å². The van der Waals surface area contributed by atoms with Gasteiger partial charge >= 0.3 is 6.03 Å². The van der Waals surface area contributed by atoms with Gasteiger partial charge in [0, 0.05) is 23.4 Å². The molecule has 0 saturated carbocycles. The molecule has 0 saturated heterocycles. The van der Waals surface area contributed by atoms with Gasteiger partial charge in [-0.05, 0) is 6.07 Å². The fraction of sp³-hybridized carbons (Fsp3) is 0.412. The number of phenolic OH excluding ortho intramolecular Hbond substituents is 1. The van der Waals surface area contributed by atoms with Crippen LogP contribution in [-0.2, 0) is 18.5 Å². The normalized spacial score (nSPS) is 11.3. The molecule has 0 bridgehead atoms. The van der Waals surface area contributed by atoms with Crippen molar-refractivity contribution < 1.29 is 9.90 Å². The quantitative estimate of drug-likeness (QED) is 0.900. The summed E-state index contributed by atoms with van der Waals surface area (Å²) in [4.78, 5) is 18.2. The highest BCUT2D eigenvalue weighted by Gasteiger charge is 2.18. The van der Waals surface area contributed by atoms with Gasteiger partial charge in [0.15, 0.2) is 0 Å². The number of nitrogens with one attached hydrogen (secondary N) is 1. The van der Waals surface area contributed by atoms with Crippen LogP contribution in [0.3, 0.4) is 0 Å². The predicted octanol–water partition coefficient (Wildman–Crippen LogP) is 3.49. The van der Waals surface area contributed by atoms with E-state index in [1.807, 2.05) is 11.4 Å². The molecule has 0 atom stereocenters. The number of urea groups is 1. The van der Waals surface area contributed by atoms with Gasteiger partial charge in [0.1, 0.15) is 5.75 Å². The number of carbonyl (C=O) groups is 1. The molecule has 0 aliphatic rings. The number of rotatable bonds is 4. The van der Waals surface area contributed by atoms with Crippen molar-refractivity contribution in [3.8, 4) is 5.75 Å². The van der Waals surface area contributed by atoms with Gasteiger partial charge in [-0.2, -0.15) is 0 Å². The van der Waals surface area contributed by atoms with Gasteiger partial charge < -0.3 is 15.3 Å². The minimum atomic E-state index is -0.196. The predicted molar refractivity (Wildman–Crippen MR) is 92.6 cm³/mol. The summed E-state index contributed by atoms with van der Waals surface area (Å²) in [5, 5.41) is 15.6. The summed E-state index contributed by atoms with van der Waals surface area (Å²) < 4.78 is 0. The lowest BCUT2D eigenvalue weighted by Crippen LogP contribution is -2.36. The minimum Gasteiger partial charge on any atom is -0.508 e. The Morgan fingerprint density at radius 3 is 2.65 bits per heavy atom. The van der Waals surface area contributed by atoms with Crippen LogP contribution in [0.15, 0.2) is 29.6 Å². The zero-order valence-corrected chi connectivity index (χ0v) is 14.8. The van der Waals surface area contributed by atoms with Crippen LogP contribution in [0.4, 0.5) is 4.79 Å². The average Bonchev–Trinajstić information content (AvgIpc) is 2.96. The van der Waals surface area contributed by atoms with Crippen LogP contribution >= 0.6 is 11.3 Å². The largest absolute Gasteiger partial charge is 0.508 e. The standard InChI is InChI=1S/C17H23N3O2S/c1-17(2,3)15-19-13(11-23-15)9-18-16(22)20(4)10-12-7-5-6-8-14(12)21/h5-8,11,21H,9-10H2,1-4H3,(H,18,22). The van der Waals surface area contributed by atoms with E-state index in [1.54, 1.807) is 36.6 Å². The summed E-state index contributed by atoms with van der Waals surface area (Å²) in [5.74, 6) is 0.196.